The van der Waals surface area contributed by atoms with Crippen molar-refractivity contribution in [1.82, 2.24) is 5.32 Å². The number of alkyl halides is 3. The Morgan fingerprint density at radius 3 is 2.40 bits per heavy atom. The maximum Gasteiger partial charge on any atom is 0.403 e. The summed E-state index contributed by atoms with van der Waals surface area (Å²) in [5.74, 6) is -3.69. The highest BCUT2D eigenvalue weighted by Crippen LogP contribution is 2.27. The van der Waals surface area contributed by atoms with Crippen molar-refractivity contribution >= 4 is 5.97 Å². The third-order valence-electron chi connectivity index (χ3n) is 2.70. The molecule has 15 heavy (non-hydrogen) atoms. The third-order valence-corrected chi connectivity index (χ3v) is 2.70. The van der Waals surface area contributed by atoms with Crippen molar-refractivity contribution in [2.45, 2.75) is 25.4 Å². The molecule has 0 spiro atoms. The summed E-state index contributed by atoms with van der Waals surface area (Å²) < 4.78 is 36.5. The maximum absolute atomic E-state index is 12.2. The number of halogens is 3. The highest BCUT2D eigenvalue weighted by Gasteiger charge is 2.44. The first-order valence-electron chi connectivity index (χ1n) is 4.91. The molecule has 1 aliphatic rings. The molecular formula is C9H14F3NO2. The number of hydrogen-bond acceptors (Lipinski definition) is 2. The van der Waals surface area contributed by atoms with Gasteiger partial charge in [0.05, 0.1) is 0 Å². The van der Waals surface area contributed by atoms with E-state index in [0.29, 0.717) is 12.5 Å². The van der Waals surface area contributed by atoms with Crippen molar-refractivity contribution < 1.29 is 23.1 Å². The van der Waals surface area contributed by atoms with E-state index < -0.39 is 24.6 Å². The van der Waals surface area contributed by atoms with Crippen LogP contribution in [0.1, 0.15) is 19.3 Å². The molecule has 0 aromatic heterocycles. The minimum atomic E-state index is -4.67. The van der Waals surface area contributed by atoms with Gasteiger partial charge in [-0.05, 0) is 25.3 Å². The highest BCUT2D eigenvalue weighted by molar-refractivity contribution is 5.71. The van der Waals surface area contributed by atoms with Crippen molar-refractivity contribution in [2.75, 3.05) is 13.1 Å². The number of hydrogen-bond donors (Lipinski definition) is 2. The fraction of sp³-hybridized carbons (Fsp3) is 0.889. The minimum absolute atomic E-state index is 0.424. The average Bonchev–Trinajstić information content (AvgIpc) is 1.97. The number of carbonyl (C=O) groups is 1. The standard InChI is InChI=1S/C9H14F3NO2/c10-9(11,12)7(8(14)15)5-13-4-6-2-1-3-6/h6-7,13H,1-5H2,(H,14,15). The molecule has 88 valence electrons. The normalized spacial score (nSPS) is 19.7. The van der Waals surface area contributed by atoms with Gasteiger partial charge in [0, 0.05) is 6.54 Å². The van der Waals surface area contributed by atoms with Crippen LogP contribution in [0.5, 0.6) is 0 Å². The second-order valence-corrected chi connectivity index (χ2v) is 3.89. The molecule has 1 atom stereocenters. The molecule has 1 unspecified atom stereocenters. The van der Waals surface area contributed by atoms with Crippen LogP contribution in [0.2, 0.25) is 0 Å². The van der Waals surface area contributed by atoms with E-state index in [-0.39, 0.29) is 0 Å². The molecule has 0 radical (unpaired) electrons. The van der Waals surface area contributed by atoms with Crippen LogP contribution in [-0.4, -0.2) is 30.3 Å². The molecule has 0 bridgehead atoms. The van der Waals surface area contributed by atoms with Gasteiger partial charge in [-0.3, -0.25) is 4.79 Å². The van der Waals surface area contributed by atoms with Crippen LogP contribution < -0.4 is 5.32 Å². The predicted molar refractivity (Wildman–Crippen MR) is 47.4 cm³/mol. The fourth-order valence-corrected chi connectivity index (χ4v) is 1.47. The monoisotopic (exact) mass is 225 g/mol. The molecule has 2 N–H and O–H groups in total. The molecule has 0 heterocycles. The van der Waals surface area contributed by atoms with Crippen molar-refractivity contribution in [1.29, 1.82) is 0 Å². The molecule has 1 fully saturated rings. The SMILES string of the molecule is O=C(O)C(CNCC1CCC1)C(F)(F)F. The lowest BCUT2D eigenvalue weighted by Gasteiger charge is -2.26. The first-order chi connectivity index (χ1) is 6.91. The van der Waals surface area contributed by atoms with Crippen LogP contribution in [0.4, 0.5) is 13.2 Å². The Hall–Kier alpha value is -0.780. The number of rotatable bonds is 5. The molecule has 1 rings (SSSR count). The largest absolute Gasteiger partial charge is 0.481 e. The van der Waals surface area contributed by atoms with Crippen LogP contribution in [0, 0.1) is 11.8 Å². The van der Waals surface area contributed by atoms with Gasteiger partial charge in [-0.1, -0.05) is 6.42 Å². The van der Waals surface area contributed by atoms with Gasteiger partial charge in [0.1, 0.15) is 0 Å². The summed E-state index contributed by atoms with van der Waals surface area (Å²) in [5, 5.41) is 11.0. The average molecular weight is 225 g/mol. The minimum Gasteiger partial charge on any atom is -0.481 e. The van der Waals surface area contributed by atoms with Crippen LogP contribution in [0.15, 0.2) is 0 Å². The van der Waals surface area contributed by atoms with Gasteiger partial charge in [0.2, 0.25) is 0 Å². The van der Waals surface area contributed by atoms with Gasteiger partial charge in [-0.15, -0.1) is 0 Å². The van der Waals surface area contributed by atoms with E-state index in [9.17, 15) is 18.0 Å². The number of nitrogens with one attached hydrogen (secondary N) is 1. The molecule has 0 amide bonds. The van der Waals surface area contributed by atoms with Crippen LogP contribution in [-0.2, 0) is 4.79 Å². The van der Waals surface area contributed by atoms with Gasteiger partial charge in [0.15, 0.2) is 5.92 Å². The van der Waals surface area contributed by atoms with Gasteiger partial charge < -0.3 is 10.4 Å². The predicted octanol–water partition coefficient (Wildman–Crippen LogP) is 1.64. The van der Waals surface area contributed by atoms with Crippen LogP contribution >= 0.6 is 0 Å². The Bertz CT molecular complexity index is 226. The number of aliphatic carboxylic acids is 1. The van der Waals surface area contributed by atoms with Crippen LogP contribution in [0.25, 0.3) is 0 Å². The Labute approximate surface area is 85.7 Å². The van der Waals surface area contributed by atoms with Crippen molar-refractivity contribution in [3.8, 4) is 0 Å². The molecule has 1 saturated carbocycles. The summed E-state index contributed by atoms with van der Waals surface area (Å²) in [7, 11) is 0. The fourth-order valence-electron chi connectivity index (χ4n) is 1.47. The van der Waals surface area contributed by atoms with E-state index in [4.69, 9.17) is 5.11 Å². The molecule has 0 aromatic carbocycles. The Morgan fingerprint density at radius 2 is 2.07 bits per heavy atom. The summed E-state index contributed by atoms with van der Waals surface area (Å²) in [6.07, 6.45) is -1.50. The van der Waals surface area contributed by atoms with E-state index in [1.165, 1.54) is 0 Å². The lowest BCUT2D eigenvalue weighted by molar-refractivity contribution is -0.192. The zero-order chi connectivity index (χ0) is 11.5. The van der Waals surface area contributed by atoms with Crippen LogP contribution in [0.3, 0.4) is 0 Å². The molecule has 6 heteroatoms. The lowest BCUT2D eigenvalue weighted by atomic mass is 9.85. The second kappa shape index (κ2) is 4.83. The number of carboxylic acid groups (broad SMARTS) is 1. The number of carboxylic acids is 1. The molecule has 1 aliphatic carbocycles. The first kappa shape index (κ1) is 12.3. The zero-order valence-corrected chi connectivity index (χ0v) is 8.18. The lowest BCUT2D eigenvalue weighted by Crippen LogP contribution is -2.41. The van der Waals surface area contributed by atoms with Gasteiger partial charge in [-0.25, -0.2) is 0 Å². The van der Waals surface area contributed by atoms with E-state index in [0.717, 1.165) is 19.3 Å². The summed E-state index contributed by atoms with van der Waals surface area (Å²) >= 11 is 0. The summed E-state index contributed by atoms with van der Waals surface area (Å²) in [6.45, 7) is -0.0464. The highest BCUT2D eigenvalue weighted by atomic mass is 19.4. The Morgan fingerprint density at radius 1 is 1.47 bits per heavy atom. The first-order valence-corrected chi connectivity index (χ1v) is 4.91. The smallest absolute Gasteiger partial charge is 0.403 e. The summed E-state index contributed by atoms with van der Waals surface area (Å²) in [5.41, 5.74) is 0. The molecule has 0 aliphatic heterocycles. The van der Waals surface area contributed by atoms with Crippen molar-refractivity contribution in [3.63, 3.8) is 0 Å². The van der Waals surface area contributed by atoms with E-state index in [1.807, 2.05) is 0 Å². The van der Waals surface area contributed by atoms with Gasteiger partial charge >= 0.3 is 12.1 Å². The third kappa shape index (κ3) is 3.70. The maximum atomic E-state index is 12.2. The van der Waals surface area contributed by atoms with Gasteiger partial charge in [0.25, 0.3) is 0 Å². The Kier molecular flexibility index (Phi) is 3.96. The zero-order valence-electron chi connectivity index (χ0n) is 8.18. The van der Waals surface area contributed by atoms with E-state index >= 15 is 0 Å². The Balaban J connectivity index is 2.28. The summed E-state index contributed by atoms with van der Waals surface area (Å²) in [4.78, 5) is 10.3. The molecule has 0 saturated heterocycles. The molecular weight excluding hydrogens is 211 g/mol. The quantitative estimate of drug-likeness (QED) is 0.747. The van der Waals surface area contributed by atoms with E-state index in [2.05, 4.69) is 5.32 Å². The van der Waals surface area contributed by atoms with Crippen molar-refractivity contribution in [3.05, 3.63) is 0 Å². The molecule has 0 aromatic rings. The summed E-state index contributed by atoms with van der Waals surface area (Å²) in [6, 6.07) is 0. The topological polar surface area (TPSA) is 49.3 Å². The van der Waals surface area contributed by atoms with Crippen molar-refractivity contribution in [2.24, 2.45) is 11.8 Å². The van der Waals surface area contributed by atoms with Gasteiger partial charge in [-0.2, -0.15) is 13.2 Å². The van der Waals surface area contributed by atoms with E-state index in [1.54, 1.807) is 0 Å². The molecule has 3 nitrogen and oxygen atoms in total. The second-order valence-electron chi connectivity index (χ2n) is 3.89.